The van der Waals surface area contributed by atoms with Gasteiger partial charge in [0, 0.05) is 0 Å². The molecule has 4 aromatic rings. The molecule has 0 unspecified atom stereocenters. The molecule has 1 fully saturated rings. The van der Waals surface area contributed by atoms with Gasteiger partial charge in [0.1, 0.15) is 11.5 Å². The average Bonchev–Trinajstić information content (AvgIpc) is 3.23. The summed E-state index contributed by atoms with van der Waals surface area (Å²) in [5.41, 5.74) is 1.98. The third kappa shape index (κ3) is 5.19. The van der Waals surface area contributed by atoms with Crippen molar-refractivity contribution in [2.45, 2.75) is 0 Å². The van der Waals surface area contributed by atoms with E-state index in [0.717, 1.165) is 22.1 Å². The lowest BCUT2D eigenvalue weighted by Crippen LogP contribution is -2.19. The molecule has 0 aliphatic carbocycles. The Bertz CT molecular complexity index is 1540. The van der Waals surface area contributed by atoms with Gasteiger partial charge in [0.25, 0.3) is 5.91 Å². The summed E-state index contributed by atoms with van der Waals surface area (Å²) in [4.78, 5) is 30.3. The molecular formula is C28H19BrN2O4S. The normalized spacial score (nSPS) is 15.3. The van der Waals surface area contributed by atoms with E-state index in [1.807, 2.05) is 60.7 Å². The van der Waals surface area contributed by atoms with Gasteiger partial charge in [-0.05, 0) is 92.6 Å². The summed E-state index contributed by atoms with van der Waals surface area (Å²) in [7, 11) is 1.60. The fourth-order valence-corrected chi connectivity index (χ4v) is 4.97. The maximum Gasteiger partial charge on any atom is 0.344 e. The van der Waals surface area contributed by atoms with Gasteiger partial charge < -0.3 is 14.8 Å². The maximum atomic E-state index is 12.9. The number of hydrogen-bond acceptors (Lipinski definition) is 6. The number of methoxy groups -OCH3 is 1. The molecule has 36 heavy (non-hydrogen) atoms. The monoisotopic (exact) mass is 558 g/mol. The molecule has 1 saturated heterocycles. The second kappa shape index (κ2) is 10.4. The van der Waals surface area contributed by atoms with Crippen molar-refractivity contribution in [3.63, 3.8) is 0 Å². The van der Waals surface area contributed by atoms with E-state index >= 15 is 0 Å². The molecule has 0 saturated carbocycles. The Balaban J connectivity index is 1.32. The van der Waals surface area contributed by atoms with Gasteiger partial charge in [0.2, 0.25) is 0 Å². The number of amides is 1. The fraction of sp³-hybridized carbons (Fsp3) is 0.0357. The number of thioether (sulfide) groups is 1. The highest BCUT2D eigenvalue weighted by molar-refractivity contribution is 9.10. The van der Waals surface area contributed by atoms with Gasteiger partial charge in [-0.1, -0.05) is 42.5 Å². The number of hydrogen-bond donors (Lipinski definition) is 1. The number of halogens is 1. The first-order chi connectivity index (χ1) is 17.5. The molecule has 1 aliphatic rings. The number of aliphatic imine (C=N–C) groups is 1. The Morgan fingerprint density at radius 1 is 1.00 bits per heavy atom. The lowest BCUT2D eigenvalue weighted by Gasteiger charge is -2.09. The number of nitrogens with zero attached hydrogens (tertiary/aromatic N) is 1. The number of carbonyl (C=O) groups is 2. The quantitative estimate of drug-likeness (QED) is 0.167. The van der Waals surface area contributed by atoms with Crippen LogP contribution in [0.1, 0.15) is 15.9 Å². The van der Waals surface area contributed by atoms with Crippen molar-refractivity contribution in [3.8, 4) is 11.5 Å². The number of ether oxygens (including phenoxy) is 2. The van der Waals surface area contributed by atoms with Crippen LogP contribution in [0.2, 0.25) is 0 Å². The van der Waals surface area contributed by atoms with Crippen LogP contribution < -0.4 is 14.8 Å². The second-order valence-corrected chi connectivity index (χ2v) is 9.67. The predicted molar refractivity (Wildman–Crippen MR) is 147 cm³/mol. The van der Waals surface area contributed by atoms with Crippen molar-refractivity contribution in [1.29, 1.82) is 0 Å². The van der Waals surface area contributed by atoms with E-state index < -0.39 is 5.97 Å². The Labute approximate surface area is 220 Å². The topological polar surface area (TPSA) is 77.0 Å². The molecule has 6 nitrogen and oxygen atoms in total. The molecule has 4 aromatic carbocycles. The Hall–Kier alpha value is -3.88. The first-order valence-electron chi connectivity index (χ1n) is 10.9. The molecule has 5 rings (SSSR count). The van der Waals surface area contributed by atoms with E-state index in [1.54, 1.807) is 37.5 Å². The largest absolute Gasteiger partial charge is 0.497 e. The van der Waals surface area contributed by atoms with Crippen molar-refractivity contribution >= 4 is 67.3 Å². The Morgan fingerprint density at radius 3 is 2.56 bits per heavy atom. The summed E-state index contributed by atoms with van der Waals surface area (Å²) in [6.45, 7) is 0. The molecule has 1 aliphatic heterocycles. The minimum Gasteiger partial charge on any atom is -0.497 e. The van der Waals surface area contributed by atoms with Gasteiger partial charge in [0.05, 0.1) is 27.7 Å². The predicted octanol–water partition coefficient (Wildman–Crippen LogP) is 6.72. The van der Waals surface area contributed by atoms with Gasteiger partial charge in [-0.25, -0.2) is 9.79 Å². The summed E-state index contributed by atoms with van der Waals surface area (Å²) < 4.78 is 11.4. The highest BCUT2D eigenvalue weighted by Crippen LogP contribution is 2.32. The van der Waals surface area contributed by atoms with Crippen LogP contribution in [0.15, 0.2) is 99.3 Å². The average molecular weight is 559 g/mol. The smallest absolute Gasteiger partial charge is 0.344 e. The summed E-state index contributed by atoms with van der Waals surface area (Å²) in [5.74, 6) is 0.457. The zero-order valence-corrected chi connectivity index (χ0v) is 21.4. The SMILES string of the molecule is COc1ccc(N=C2NC(=O)/C(=C/c3ccc(OC(=O)c4cccc5ccccc45)c(Br)c3)S2)cc1. The number of amidine groups is 1. The summed E-state index contributed by atoms with van der Waals surface area (Å²) in [6, 6.07) is 25.7. The van der Waals surface area contributed by atoms with E-state index in [1.165, 1.54) is 11.8 Å². The molecule has 8 heteroatoms. The van der Waals surface area contributed by atoms with Crippen LogP contribution in [0.3, 0.4) is 0 Å². The molecule has 1 heterocycles. The van der Waals surface area contributed by atoms with Crippen LogP contribution in [-0.2, 0) is 4.79 Å². The minimum absolute atomic E-state index is 0.227. The van der Waals surface area contributed by atoms with Gasteiger partial charge in [0.15, 0.2) is 5.17 Å². The van der Waals surface area contributed by atoms with Crippen LogP contribution in [0.25, 0.3) is 16.8 Å². The molecule has 1 N–H and O–H groups in total. The zero-order valence-electron chi connectivity index (χ0n) is 19.0. The van der Waals surface area contributed by atoms with Crippen molar-refractivity contribution < 1.29 is 19.1 Å². The standard InChI is InChI=1S/C28H19BrN2O4S/c1-34-20-12-10-19(11-13-20)30-28-31-26(32)25(36-28)16-17-9-14-24(23(29)15-17)35-27(33)22-8-4-6-18-5-2-3-7-21(18)22/h2-16H,1H3,(H,30,31,32)/b25-16-. The van der Waals surface area contributed by atoms with Gasteiger partial charge in [-0.15, -0.1) is 0 Å². The van der Waals surface area contributed by atoms with E-state index in [9.17, 15) is 9.59 Å². The lowest BCUT2D eigenvalue weighted by molar-refractivity contribution is -0.115. The molecule has 0 radical (unpaired) electrons. The number of fused-ring (bicyclic) bond motifs is 1. The summed E-state index contributed by atoms with van der Waals surface area (Å²) in [6.07, 6.45) is 1.76. The number of benzene rings is 4. The number of nitrogens with one attached hydrogen (secondary N) is 1. The van der Waals surface area contributed by atoms with Crippen LogP contribution in [0.5, 0.6) is 11.5 Å². The highest BCUT2D eigenvalue weighted by Gasteiger charge is 2.24. The van der Waals surface area contributed by atoms with Crippen molar-refractivity contribution in [3.05, 3.63) is 105 Å². The minimum atomic E-state index is -0.441. The summed E-state index contributed by atoms with van der Waals surface area (Å²) in [5, 5.41) is 5.08. The van der Waals surface area contributed by atoms with E-state index in [0.29, 0.717) is 31.5 Å². The van der Waals surface area contributed by atoms with Crippen molar-refractivity contribution in [2.75, 3.05) is 7.11 Å². The Kier molecular flexibility index (Phi) is 6.88. The maximum absolute atomic E-state index is 12.9. The van der Waals surface area contributed by atoms with Crippen molar-refractivity contribution in [2.24, 2.45) is 4.99 Å². The van der Waals surface area contributed by atoms with Gasteiger partial charge in [-0.2, -0.15) is 0 Å². The number of esters is 1. The van der Waals surface area contributed by atoms with Crippen LogP contribution >= 0.6 is 27.7 Å². The van der Waals surface area contributed by atoms with Crippen molar-refractivity contribution in [1.82, 2.24) is 5.32 Å². The van der Waals surface area contributed by atoms with E-state index in [2.05, 4.69) is 26.2 Å². The zero-order chi connectivity index (χ0) is 25.1. The van der Waals surface area contributed by atoms with Crippen LogP contribution in [0, 0.1) is 0 Å². The molecule has 0 spiro atoms. The van der Waals surface area contributed by atoms with Crippen LogP contribution in [-0.4, -0.2) is 24.2 Å². The van der Waals surface area contributed by atoms with E-state index in [-0.39, 0.29) is 5.91 Å². The summed E-state index contributed by atoms with van der Waals surface area (Å²) >= 11 is 4.74. The van der Waals surface area contributed by atoms with Gasteiger partial charge in [-0.3, -0.25) is 4.79 Å². The number of carbonyl (C=O) groups excluding carboxylic acids is 2. The lowest BCUT2D eigenvalue weighted by atomic mass is 10.0. The van der Waals surface area contributed by atoms with E-state index in [4.69, 9.17) is 9.47 Å². The highest BCUT2D eigenvalue weighted by atomic mass is 79.9. The van der Waals surface area contributed by atoms with Gasteiger partial charge >= 0.3 is 5.97 Å². The molecular weight excluding hydrogens is 540 g/mol. The molecule has 0 atom stereocenters. The third-order valence-corrected chi connectivity index (χ3v) is 6.95. The molecule has 0 bridgehead atoms. The molecule has 1 amide bonds. The third-order valence-electron chi connectivity index (χ3n) is 5.42. The Morgan fingerprint density at radius 2 is 1.78 bits per heavy atom. The first-order valence-corrected chi connectivity index (χ1v) is 12.5. The molecule has 0 aromatic heterocycles. The second-order valence-electron chi connectivity index (χ2n) is 7.79. The van der Waals surface area contributed by atoms with Crippen LogP contribution in [0.4, 0.5) is 5.69 Å². The number of rotatable bonds is 5. The fourth-order valence-electron chi connectivity index (χ4n) is 3.65. The molecule has 178 valence electrons. The first kappa shape index (κ1) is 23.8.